The molecule has 1 saturated carbocycles. The summed E-state index contributed by atoms with van der Waals surface area (Å²) < 4.78 is 22.1. The Morgan fingerprint density at radius 2 is 2.05 bits per heavy atom. The van der Waals surface area contributed by atoms with E-state index in [1.54, 1.807) is 0 Å². The maximum Gasteiger partial charge on any atom is 0.147 e. The molecule has 1 aliphatic heterocycles. The van der Waals surface area contributed by atoms with Crippen LogP contribution in [0.5, 0.6) is 0 Å². The van der Waals surface area contributed by atoms with Crippen molar-refractivity contribution in [3.63, 3.8) is 0 Å². The van der Waals surface area contributed by atoms with Gasteiger partial charge >= 0.3 is 0 Å². The standard InChI is InChI=1S/C14H27NO3S/c1-19(17,18)11-5-4-9-15-10-8-14(16)7-3-2-6-13(14)12-15/h13,16H,2-12H2,1H3. The largest absolute Gasteiger partial charge is 0.390 e. The van der Waals surface area contributed by atoms with Crippen LogP contribution in [-0.4, -0.2) is 55.7 Å². The van der Waals surface area contributed by atoms with Crippen molar-refractivity contribution in [2.75, 3.05) is 31.6 Å². The molecule has 0 aromatic carbocycles. The molecule has 2 rings (SSSR count). The van der Waals surface area contributed by atoms with Gasteiger partial charge in [-0.2, -0.15) is 0 Å². The molecule has 1 N–H and O–H groups in total. The molecule has 2 aliphatic rings. The van der Waals surface area contributed by atoms with Crippen LogP contribution in [0.1, 0.15) is 44.9 Å². The Balaban J connectivity index is 1.72. The monoisotopic (exact) mass is 289 g/mol. The van der Waals surface area contributed by atoms with Gasteiger partial charge in [-0.1, -0.05) is 12.8 Å². The van der Waals surface area contributed by atoms with Crippen molar-refractivity contribution < 1.29 is 13.5 Å². The molecule has 0 amide bonds. The van der Waals surface area contributed by atoms with Crippen LogP contribution in [0.3, 0.4) is 0 Å². The first-order valence-electron chi connectivity index (χ1n) is 7.51. The fraction of sp³-hybridized carbons (Fsp3) is 1.00. The smallest absolute Gasteiger partial charge is 0.147 e. The number of nitrogens with zero attached hydrogens (tertiary/aromatic N) is 1. The number of fused-ring (bicyclic) bond motifs is 1. The van der Waals surface area contributed by atoms with E-state index >= 15 is 0 Å². The highest BCUT2D eigenvalue weighted by molar-refractivity contribution is 7.90. The molecule has 2 atom stereocenters. The molecule has 0 radical (unpaired) electrons. The van der Waals surface area contributed by atoms with E-state index < -0.39 is 15.4 Å². The zero-order chi connectivity index (χ0) is 13.9. The molecule has 2 unspecified atom stereocenters. The van der Waals surface area contributed by atoms with Gasteiger partial charge in [-0.05, 0) is 38.6 Å². The lowest BCUT2D eigenvalue weighted by Gasteiger charge is -2.47. The highest BCUT2D eigenvalue weighted by Crippen LogP contribution is 2.39. The average molecular weight is 289 g/mol. The van der Waals surface area contributed by atoms with Gasteiger partial charge in [-0.25, -0.2) is 8.42 Å². The van der Waals surface area contributed by atoms with Crippen molar-refractivity contribution >= 4 is 9.84 Å². The molecule has 1 saturated heterocycles. The van der Waals surface area contributed by atoms with Gasteiger partial charge in [0.2, 0.25) is 0 Å². The molecule has 112 valence electrons. The molecule has 5 heteroatoms. The Kier molecular flexibility index (Phi) is 4.90. The maximum absolute atomic E-state index is 11.1. The second kappa shape index (κ2) is 6.10. The third-order valence-electron chi connectivity index (χ3n) is 4.75. The summed E-state index contributed by atoms with van der Waals surface area (Å²) in [5, 5.41) is 10.6. The van der Waals surface area contributed by atoms with Crippen molar-refractivity contribution in [3.8, 4) is 0 Å². The van der Waals surface area contributed by atoms with E-state index in [-0.39, 0.29) is 0 Å². The molecule has 0 aromatic rings. The predicted octanol–water partition coefficient (Wildman–Crippen LogP) is 1.44. The summed E-state index contributed by atoms with van der Waals surface area (Å²) in [6, 6.07) is 0. The quantitative estimate of drug-likeness (QED) is 0.778. The van der Waals surface area contributed by atoms with Crippen LogP contribution in [0.25, 0.3) is 0 Å². The van der Waals surface area contributed by atoms with Gasteiger partial charge in [0.25, 0.3) is 0 Å². The van der Waals surface area contributed by atoms with Crippen LogP contribution in [0.4, 0.5) is 0 Å². The van der Waals surface area contributed by atoms with Crippen LogP contribution in [0.15, 0.2) is 0 Å². The SMILES string of the molecule is CS(=O)(=O)CCCCN1CCC2(O)CCCCC2C1. The lowest BCUT2D eigenvalue weighted by atomic mass is 9.71. The Hall–Kier alpha value is -0.130. The van der Waals surface area contributed by atoms with E-state index in [1.807, 2.05) is 0 Å². The number of hydrogen-bond acceptors (Lipinski definition) is 4. The first-order valence-corrected chi connectivity index (χ1v) is 9.58. The molecular formula is C14H27NO3S. The molecule has 19 heavy (non-hydrogen) atoms. The van der Waals surface area contributed by atoms with E-state index in [4.69, 9.17) is 0 Å². The minimum absolute atomic E-state index is 0.300. The number of hydrogen-bond donors (Lipinski definition) is 1. The number of likely N-dealkylation sites (tertiary alicyclic amines) is 1. The highest BCUT2D eigenvalue weighted by atomic mass is 32.2. The summed E-state index contributed by atoms with van der Waals surface area (Å²) in [6.45, 7) is 2.93. The maximum atomic E-state index is 11.1. The zero-order valence-corrected chi connectivity index (χ0v) is 12.8. The van der Waals surface area contributed by atoms with E-state index in [0.717, 1.165) is 51.7 Å². The molecule has 2 fully saturated rings. The Bertz CT molecular complexity index is 395. The van der Waals surface area contributed by atoms with Gasteiger partial charge in [0.15, 0.2) is 0 Å². The first kappa shape index (κ1) is 15.3. The van der Waals surface area contributed by atoms with Crippen LogP contribution in [0.2, 0.25) is 0 Å². The number of sulfone groups is 1. The average Bonchev–Trinajstić information content (AvgIpc) is 2.33. The van der Waals surface area contributed by atoms with E-state index in [2.05, 4.69) is 4.90 Å². The molecule has 1 heterocycles. The minimum atomic E-state index is -2.81. The lowest BCUT2D eigenvalue weighted by Crippen LogP contribution is -2.53. The number of aliphatic hydroxyl groups is 1. The van der Waals surface area contributed by atoms with Gasteiger partial charge < -0.3 is 10.0 Å². The molecule has 4 nitrogen and oxygen atoms in total. The normalized spacial score (nSPS) is 33.1. The number of unbranched alkanes of at least 4 members (excludes halogenated alkanes) is 1. The summed E-state index contributed by atoms with van der Waals surface area (Å²) in [5.74, 6) is 0.735. The van der Waals surface area contributed by atoms with Crippen LogP contribution in [0, 0.1) is 5.92 Å². The minimum Gasteiger partial charge on any atom is -0.390 e. The fourth-order valence-corrected chi connectivity index (χ4v) is 4.27. The van der Waals surface area contributed by atoms with Crippen molar-refractivity contribution in [2.24, 2.45) is 5.92 Å². The molecule has 0 spiro atoms. The van der Waals surface area contributed by atoms with Gasteiger partial charge in [0.1, 0.15) is 9.84 Å². The van der Waals surface area contributed by atoms with Gasteiger partial charge in [0, 0.05) is 31.0 Å². The molecule has 1 aliphatic carbocycles. The summed E-state index contributed by atoms with van der Waals surface area (Å²) in [4.78, 5) is 2.41. The fourth-order valence-electron chi connectivity index (χ4n) is 3.54. The summed E-state index contributed by atoms with van der Waals surface area (Å²) >= 11 is 0. The van der Waals surface area contributed by atoms with Gasteiger partial charge in [-0.3, -0.25) is 0 Å². The summed E-state index contributed by atoms with van der Waals surface area (Å²) in [7, 11) is -2.81. The molecular weight excluding hydrogens is 262 g/mol. The zero-order valence-electron chi connectivity index (χ0n) is 12.0. The van der Waals surface area contributed by atoms with Crippen LogP contribution < -0.4 is 0 Å². The van der Waals surface area contributed by atoms with E-state index in [0.29, 0.717) is 11.7 Å². The topological polar surface area (TPSA) is 57.6 Å². The predicted molar refractivity (Wildman–Crippen MR) is 76.9 cm³/mol. The Labute approximate surface area is 117 Å². The highest BCUT2D eigenvalue weighted by Gasteiger charge is 2.42. The van der Waals surface area contributed by atoms with Crippen molar-refractivity contribution in [3.05, 3.63) is 0 Å². The van der Waals surface area contributed by atoms with Gasteiger partial charge in [0.05, 0.1) is 5.60 Å². The molecule has 0 aromatic heterocycles. The van der Waals surface area contributed by atoms with E-state index in [9.17, 15) is 13.5 Å². The lowest BCUT2D eigenvalue weighted by molar-refractivity contribution is -0.0953. The van der Waals surface area contributed by atoms with Crippen LogP contribution >= 0.6 is 0 Å². The third kappa shape index (κ3) is 4.43. The summed E-state index contributed by atoms with van der Waals surface area (Å²) in [6.07, 6.45) is 8.43. The molecule has 0 bridgehead atoms. The number of piperidine rings is 1. The Morgan fingerprint density at radius 3 is 2.79 bits per heavy atom. The number of rotatable bonds is 5. The third-order valence-corrected chi connectivity index (χ3v) is 5.78. The summed E-state index contributed by atoms with van der Waals surface area (Å²) in [5.41, 5.74) is -0.401. The van der Waals surface area contributed by atoms with Crippen molar-refractivity contribution in [1.82, 2.24) is 4.90 Å². The van der Waals surface area contributed by atoms with Crippen molar-refractivity contribution in [1.29, 1.82) is 0 Å². The van der Waals surface area contributed by atoms with E-state index in [1.165, 1.54) is 19.1 Å². The first-order chi connectivity index (χ1) is 8.89. The van der Waals surface area contributed by atoms with Crippen molar-refractivity contribution in [2.45, 2.75) is 50.5 Å². The second-order valence-electron chi connectivity index (χ2n) is 6.43. The van der Waals surface area contributed by atoms with Gasteiger partial charge in [-0.15, -0.1) is 0 Å². The Morgan fingerprint density at radius 1 is 1.26 bits per heavy atom. The second-order valence-corrected chi connectivity index (χ2v) is 8.69. The van der Waals surface area contributed by atoms with Crippen LogP contribution in [-0.2, 0) is 9.84 Å².